The third-order valence-corrected chi connectivity index (χ3v) is 4.27. The van der Waals surface area contributed by atoms with Crippen LogP contribution in [0.4, 0.5) is 5.82 Å². The van der Waals surface area contributed by atoms with Crippen molar-refractivity contribution < 1.29 is 0 Å². The van der Waals surface area contributed by atoms with Crippen LogP contribution in [-0.2, 0) is 6.54 Å². The fraction of sp³-hybridized carbons (Fsp3) is 0.267. The van der Waals surface area contributed by atoms with Crippen molar-refractivity contribution in [3.05, 3.63) is 52.4 Å². The molecule has 0 atom stereocenters. The van der Waals surface area contributed by atoms with Crippen molar-refractivity contribution in [3.63, 3.8) is 0 Å². The minimum atomic E-state index is 0.509. The third-order valence-electron chi connectivity index (χ3n) is 3.09. The molecule has 0 spiro atoms. The number of thiocarbonyl (C=S) groups is 1. The number of pyridine rings is 2. The second kappa shape index (κ2) is 7.47. The number of nitrogens with zero attached hydrogens (tertiary/aromatic N) is 3. The Kier molecular flexibility index (Phi) is 5.64. The van der Waals surface area contributed by atoms with E-state index in [-0.39, 0.29) is 0 Å². The third kappa shape index (κ3) is 4.47. The molecule has 4 nitrogen and oxygen atoms in total. The minimum absolute atomic E-state index is 0.509. The van der Waals surface area contributed by atoms with Gasteiger partial charge in [0.1, 0.15) is 5.82 Å². The van der Waals surface area contributed by atoms with Gasteiger partial charge in [0.25, 0.3) is 0 Å². The average molecular weight is 365 g/mol. The van der Waals surface area contributed by atoms with E-state index in [1.807, 2.05) is 37.5 Å². The van der Waals surface area contributed by atoms with Crippen LogP contribution < -0.4 is 10.6 Å². The van der Waals surface area contributed by atoms with Crippen LogP contribution in [-0.4, -0.2) is 21.5 Å². The van der Waals surface area contributed by atoms with E-state index in [4.69, 9.17) is 18.0 Å². The molecule has 0 aliphatic carbocycles. The number of nitrogens with two attached hydrogens (primary N) is 1. The summed E-state index contributed by atoms with van der Waals surface area (Å²) in [6, 6.07) is 5.95. The Morgan fingerprint density at radius 2 is 2.19 bits per heavy atom. The molecule has 0 aliphatic rings. The zero-order valence-corrected chi connectivity index (χ0v) is 14.2. The molecular weight excluding hydrogens is 348 g/mol. The summed E-state index contributed by atoms with van der Waals surface area (Å²) in [6.45, 7) is 3.48. The van der Waals surface area contributed by atoms with Gasteiger partial charge in [-0.2, -0.15) is 0 Å². The summed E-state index contributed by atoms with van der Waals surface area (Å²) in [7, 11) is 0. The molecule has 110 valence electrons. The molecule has 0 aliphatic heterocycles. The average Bonchev–Trinajstić information content (AvgIpc) is 2.47. The Morgan fingerprint density at radius 3 is 2.86 bits per heavy atom. The van der Waals surface area contributed by atoms with E-state index in [9.17, 15) is 0 Å². The first-order valence-electron chi connectivity index (χ1n) is 6.61. The summed E-state index contributed by atoms with van der Waals surface area (Å²) in [5.74, 6) is 0.898. The SMILES string of the molecule is Cc1ccnc(N(CCC(N)=S)Cc2cccnc2)c1Br. The quantitative estimate of drug-likeness (QED) is 0.797. The van der Waals surface area contributed by atoms with Crippen LogP contribution in [0.5, 0.6) is 0 Å². The molecule has 2 aromatic heterocycles. The second-order valence-corrected chi connectivity index (χ2v) is 6.08. The van der Waals surface area contributed by atoms with Crippen LogP contribution in [0, 0.1) is 6.92 Å². The Bertz CT molecular complexity index is 618. The van der Waals surface area contributed by atoms with Gasteiger partial charge in [-0.1, -0.05) is 18.3 Å². The molecule has 0 radical (unpaired) electrons. The fourth-order valence-electron chi connectivity index (χ4n) is 1.96. The normalized spacial score (nSPS) is 10.4. The lowest BCUT2D eigenvalue weighted by atomic mass is 10.2. The Balaban J connectivity index is 2.27. The van der Waals surface area contributed by atoms with E-state index in [0.717, 1.165) is 28.0 Å². The fourth-order valence-corrected chi connectivity index (χ4v) is 2.54. The smallest absolute Gasteiger partial charge is 0.143 e. The lowest BCUT2D eigenvalue weighted by molar-refractivity contribution is 0.784. The van der Waals surface area contributed by atoms with Gasteiger partial charge in [-0.05, 0) is 46.1 Å². The predicted octanol–water partition coefficient (Wildman–Crippen LogP) is 3.23. The van der Waals surface area contributed by atoms with E-state index in [1.54, 1.807) is 6.20 Å². The van der Waals surface area contributed by atoms with E-state index in [1.165, 1.54) is 0 Å². The van der Waals surface area contributed by atoms with Gasteiger partial charge in [0.05, 0.1) is 9.46 Å². The van der Waals surface area contributed by atoms with Gasteiger partial charge >= 0.3 is 0 Å². The molecule has 2 N–H and O–H groups in total. The molecule has 0 bridgehead atoms. The Hall–Kier alpha value is -1.53. The standard InChI is InChI=1S/C15H17BrN4S/c1-11-4-7-19-15(14(11)16)20(8-5-13(17)21)10-12-3-2-6-18-9-12/h2-4,6-7,9H,5,8,10H2,1H3,(H2,17,21). The van der Waals surface area contributed by atoms with Gasteiger partial charge in [0.2, 0.25) is 0 Å². The lowest BCUT2D eigenvalue weighted by Gasteiger charge is -2.25. The lowest BCUT2D eigenvalue weighted by Crippen LogP contribution is -2.28. The first kappa shape index (κ1) is 15.9. The molecule has 0 amide bonds. The van der Waals surface area contributed by atoms with Crippen LogP contribution >= 0.6 is 28.1 Å². The van der Waals surface area contributed by atoms with Crippen LogP contribution in [0.2, 0.25) is 0 Å². The highest BCUT2D eigenvalue weighted by molar-refractivity contribution is 9.10. The van der Waals surface area contributed by atoms with Crippen molar-refractivity contribution in [3.8, 4) is 0 Å². The number of halogens is 1. The molecule has 0 saturated heterocycles. The van der Waals surface area contributed by atoms with Crippen molar-refractivity contribution in [1.82, 2.24) is 9.97 Å². The van der Waals surface area contributed by atoms with Crippen molar-refractivity contribution in [1.29, 1.82) is 0 Å². The summed E-state index contributed by atoms with van der Waals surface area (Å²) in [5, 5.41) is 0. The maximum Gasteiger partial charge on any atom is 0.143 e. The number of aromatic nitrogens is 2. The van der Waals surface area contributed by atoms with Gasteiger partial charge in [-0.15, -0.1) is 0 Å². The molecule has 2 rings (SSSR count). The molecule has 0 aromatic carbocycles. The summed E-state index contributed by atoms with van der Waals surface area (Å²) in [5.41, 5.74) is 7.91. The topological polar surface area (TPSA) is 55.0 Å². The Labute approximate surface area is 138 Å². The van der Waals surface area contributed by atoms with E-state index < -0.39 is 0 Å². The highest BCUT2D eigenvalue weighted by Crippen LogP contribution is 2.28. The molecule has 2 aromatic rings. The minimum Gasteiger partial charge on any atom is -0.393 e. The predicted molar refractivity (Wildman–Crippen MR) is 93.4 cm³/mol. The molecule has 0 saturated carbocycles. The molecule has 0 unspecified atom stereocenters. The van der Waals surface area contributed by atoms with Crippen molar-refractivity contribution in [2.75, 3.05) is 11.4 Å². The number of hydrogen-bond donors (Lipinski definition) is 1. The van der Waals surface area contributed by atoms with Crippen LogP contribution in [0.1, 0.15) is 17.5 Å². The summed E-state index contributed by atoms with van der Waals surface area (Å²) in [4.78, 5) is 11.3. The maximum absolute atomic E-state index is 5.64. The van der Waals surface area contributed by atoms with E-state index >= 15 is 0 Å². The highest BCUT2D eigenvalue weighted by atomic mass is 79.9. The van der Waals surface area contributed by atoms with Gasteiger partial charge in [-0.3, -0.25) is 4.98 Å². The Morgan fingerprint density at radius 1 is 1.38 bits per heavy atom. The molecule has 0 fully saturated rings. The zero-order chi connectivity index (χ0) is 15.2. The summed E-state index contributed by atoms with van der Waals surface area (Å²) in [6.07, 6.45) is 6.09. The van der Waals surface area contributed by atoms with E-state index in [2.05, 4.69) is 30.8 Å². The summed E-state index contributed by atoms with van der Waals surface area (Å²) < 4.78 is 0.997. The first-order valence-corrected chi connectivity index (χ1v) is 7.81. The van der Waals surface area contributed by atoms with Crippen molar-refractivity contribution in [2.45, 2.75) is 19.9 Å². The highest BCUT2D eigenvalue weighted by Gasteiger charge is 2.14. The zero-order valence-electron chi connectivity index (χ0n) is 11.8. The number of rotatable bonds is 6. The first-order chi connectivity index (χ1) is 10.1. The number of hydrogen-bond acceptors (Lipinski definition) is 4. The van der Waals surface area contributed by atoms with E-state index in [0.29, 0.717) is 18.0 Å². The van der Waals surface area contributed by atoms with Crippen LogP contribution in [0.15, 0.2) is 41.3 Å². The van der Waals surface area contributed by atoms with Crippen molar-refractivity contribution >= 4 is 39.0 Å². The van der Waals surface area contributed by atoms with Gasteiger partial charge < -0.3 is 10.6 Å². The monoisotopic (exact) mass is 364 g/mol. The van der Waals surface area contributed by atoms with Crippen molar-refractivity contribution in [2.24, 2.45) is 5.73 Å². The molecular formula is C15H17BrN4S. The number of anilines is 1. The summed E-state index contributed by atoms with van der Waals surface area (Å²) >= 11 is 8.61. The van der Waals surface area contributed by atoms with Gasteiger partial charge in [0, 0.05) is 38.1 Å². The molecule has 6 heteroatoms. The molecule has 2 heterocycles. The number of aryl methyl sites for hydroxylation is 1. The van der Waals surface area contributed by atoms with Gasteiger partial charge in [0.15, 0.2) is 0 Å². The van der Waals surface area contributed by atoms with Crippen LogP contribution in [0.3, 0.4) is 0 Å². The largest absolute Gasteiger partial charge is 0.393 e. The van der Waals surface area contributed by atoms with Crippen LogP contribution in [0.25, 0.3) is 0 Å². The second-order valence-electron chi connectivity index (χ2n) is 4.76. The maximum atomic E-state index is 5.64. The molecule has 21 heavy (non-hydrogen) atoms. The van der Waals surface area contributed by atoms with Gasteiger partial charge in [-0.25, -0.2) is 4.98 Å².